The summed E-state index contributed by atoms with van der Waals surface area (Å²) in [7, 11) is -3.41. The molecule has 0 aromatic heterocycles. The first-order valence-electron chi connectivity index (χ1n) is 9.73. The second-order valence-electron chi connectivity index (χ2n) is 7.58. The van der Waals surface area contributed by atoms with Gasteiger partial charge in [-0.25, -0.2) is 0 Å². The Hall–Kier alpha value is -2.73. The lowest BCUT2D eigenvalue weighted by molar-refractivity contribution is 0.283. The first-order chi connectivity index (χ1) is 13.9. The Morgan fingerprint density at radius 1 is 0.536 bits per heavy atom. The quantitative estimate of drug-likeness (QED) is 0.402. The van der Waals surface area contributed by atoms with Crippen LogP contribution >= 0.6 is 0 Å². The van der Waals surface area contributed by atoms with Gasteiger partial charge in [0.1, 0.15) is 0 Å². The van der Waals surface area contributed by atoms with Gasteiger partial charge in [-0.3, -0.25) is 0 Å². The van der Waals surface area contributed by atoms with E-state index in [1.807, 2.05) is 6.07 Å². The fraction of sp³-hybridized carbons (Fsp3) is 0.0400. The van der Waals surface area contributed by atoms with Crippen molar-refractivity contribution in [2.75, 3.05) is 0 Å². The number of benzene rings is 4. The SMILES string of the molecule is OCc1ccccc1[Si]12c3ccccc3[Si](c3ccccc31)c1ccccc12. The maximum Gasteiger partial charge on any atom is 0.179 e. The van der Waals surface area contributed by atoms with Crippen molar-refractivity contribution in [1.29, 1.82) is 0 Å². The summed E-state index contributed by atoms with van der Waals surface area (Å²) in [4.78, 5) is 0. The highest BCUT2D eigenvalue weighted by Gasteiger charge is 2.55. The Labute approximate surface area is 167 Å². The summed E-state index contributed by atoms with van der Waals surface area (Å²) < 4.78 is 0. The summed E-state index contributed by atoms with van der Waals surface area (Å²) in [6.07, 6.45) is 0. The van der Waals surface area contributed by atoms with Crippen LogP contribution in [0.15, 0.2) is 97.1 Å². The highest BCUT2D eigenvalue weighted by Crippen LogP contribution is 2.17. The van der Waals surface area contributed by atoms with Gasteiger partial charge in [-0.05, 0) is 26.3 Å². The Morgan fingerprint density at radius 3 is 1.39 bits per heavy atom. The molecule has 1 nitrogen and oxygen atoms in total. The van der Waals surface area contributed by atoms with Crippen molar-refractivity contribution in [3.05, 3.63) is 103 Å². The summed E-state index contributed by atoms with van der Waals surface area (Å²) in [6, 6.07) is 35.9. The molecule has 3 aliphatic heterocycles. The minimum atomic E-state index is -2.43. The average molecular weight is 392 g/mol. The number of aliphatic hydroxyl groups excluding tert-OH is 1. The second kappa shape index (κ2) is 5.88. The summed E-state index contributed by atoms with van der Waals surface area (Å²) in [5.41, 5.74) is 1.06. The van der Waals surface area contributed by atoms with Gasteiger partial charge < -0.3 is 5.11 Å². The van der Waals surface area contributed by atoms with E-state index in [1.54, 1.807) is 15.6 Å². The molecule has 4 aromatic rings. The molecule has 0 spiro atoms. The van der Waals surface area contributed by atoms with Crippen LogP contribution in [-0.2, 0) is 6.61 Å². The molecule has 3 heteroatoms. The molecule has 0 saturated heterocycles. The van der Waals surface area contributed by atoms with Crippen molar-refractivity contribution in [3.8, 4) is 0 Å². The van der Waals surface area contributed by atoms with Crippen LogP contribution in [-0.4, -0.2) is 22.0 Å². The van der Waals surface area contributed by atoms with E-state index in [-0.39, 0.29) is 6.61 Å². The number of hydrogen-bond donors (Lipinski definition) is 1. The highest BCUT2D eigenvalue weighted by atomic mass is 28.3. The van der Waals surface area contributed by atoms with E-state index in [4.69, 9.17) is 0 Å². The van der Waals surface area contributed by atoms with E-state index in [0.29, 0.717) is 0 Å². The topological polar surface area (TPSA) is 20.2 Å². The van der Waals surface area contributed by atoms with Crippen LogP contribution < -0.4 is 36.3 Å². The zero-order valence-electron chi connectivity index (χ0n) is 15.4. The predicted molar refractivity (Wildman–Crippen MR) is 121 cm³/mol. The molecule has 4 aromatic carbocycles. The van der Waals surface area contributed by atoms with Crippen LogP contribution in [0.3, 0.4) is 0 Å². The zero-order chi connectivity index (χ0) is 18.7. The Kier molecular flexibility index (Phi) is 3.41. The lowest BCUT2D eigenvalue weighted by Crippen LogP contribution is -2.94. The largest absolute Gasteiger partial charge is 0.392 e. The van der Waals surface area contributed by atoms with E-state index in [1.165, 1.54) is 20.7 Å². The van der Waals surface area contributed by atoms with Crippen molar-refractivity contribution < 1.29 is 5.11 Å². The Balaban J connectivity index is 1.87. The number of hydrogen-bond acceptors (Lipinski definition) is 1. The molecule has 0 saturated carbocycles. The molecule has 2 bridgehead atoms. The molecule has 7 rings (SSSR count). The molecule has 0 amide bonds. The second-order valence-corrected chi connectivity index (χ2v) is 13.6. The summed E-state index contributed by atoms with van der Waals surface area (Å²) in [5, 5.41) is 20.8. The summed E-state index contributed by atoms with van der Waals surface area (Å²) in [5.74, 6) is 0. The molecule has 133 valence electrons. The van der Waals surface area contributed by atoms with Gasteiger partial charge in [0.15, 0.2) is 16.9 Å². The van der Waals surface area contributed by atoms with Crippen molar-refractivity contribution in [2.24, 2.45) is 0 Å². The van der Waals surface area contributed by atoms with Gasteiger partial charge in [0.2, 0.25) is 0 Å². The third-order valence-corrected chi connectivity index (χ3v) is 15.1. The van der Waals surface area contributed by atoms with Gasteiger partial charge >= 0.3 is 0 Å². The molecular weight excluding hydrogens is 372 g/mol. The number of rotatable bonds is 2. The minimum absolute atomic E-state index is 0.0786. The number of aliphatic hydroxyl groups is 1. The van der Waals surface area contributed by atoms with Crippen LogP contribution in [0.2, 0.25) is 0 Å². The monoisotopic (exact) mass is 391 g/mol. The first kappa shape index (κ1) is 16.2. The Morgan fingerprint density at radius 2 is 0.929 bits per heavy atom. The zero-order valence-corrected chi connectivity index (χ0v) is 17.4. The molecule has 3 heterocycles. The van der Waals surface area contributed by atoms with Gasteiger partial charge in [0.05, 0.1) is 6.61 Å². The molecule has 28 heavy (non-hydrogen) atoms. The van der Waals surface area contributed by atoms with Crippen molar-refractivity contribution in [3.63, 3.8) is 0 Å². The van der Waals surface area contributed by atoms with Crippen molar-refractivity contribution in [1.82, 2.24) is 0 Å². The van der Waals surface area contributed by atoms with E-state index in [2.05, 4.69) is 91.0 Å². The third kappa shape index (κ3) is 1.84. The smallest absolute Gasteiger partial charge is 0.179 e. The van der Waals surface area contributed by atoms with E-state index in [9.17, 15) is 5.11 Å². The van der Waals surface area contributed by atoms with Crippen LogP contribution in [0, 0.1) is 0 Å². The van der Waals surface area contributed by atoms with E-state index in [0.717, 1.165) is 5.56 Å². The van der Waals surface area contributed by atoms with Gasteiger partial charge in [0.25, 0.3) is 0 Å². The standard InChI is InChI=1S/C25H19OSi2/c26-17-18-9-1-5-13-22(18)28-23-14-6-2-10-19(23)27(20-11-3-7-15-24(20)28)21-12-4-8-16-25(21)28/h1-16,26H,17H2. The lowest BCUT2D eigenvalue weighted by Gasteiger charge is -2.49. The van der Waals surface area contributed by atoms with Gasteiger partial charge in [0, 0.05) is 0 Å². The van der Waals surface area contributed by atoms with Gasteiger partial charge in [-0.2, -0.15) is 0 Å². The normalized spacial score (nSPS) is 15.6. The molecule has 0 unspecified atom stereocenters. The van der Waals surface area contributed by atoms with E-state index < -0.39 is 16.9 Å². The maximum absolute atomic E-state index is 10.2. The van der Waals surface area contributed by atoms with E-state index >= 15 is 0 Å². The first-order valence-corrected chi connectivity index (χ1v) is 13.2. The van der Waals surface area contributed by atoms with Crippen molar-refractivity contribution in [2.45, 2.75) is 6.61 Å². The molecule has 1 radical (unpaired) electrons. The highest BCUT2D eigenvalue weighted by molar-refractivity contribution is 7.31. The fourth-order valence-corrected chi connectivity index (χ4v) is 16.2. The predicted octanol–water partition coefficient (Wildman–Crippen LogP) is -0.301. The van der Waals surface area contributed by atoms with Crippen LogP contribution in [0.4, 0.5) is 0 Å². The summed E-state index contributed by atoms with van der Waals surface area (Å²) >= 11 is 0. The minimum Gasteiger partial charge on any atom is -0.392 e. The summed E-state index contributed by atoms with van der Waals surface area (Å²) in [6.45, 7) is 0.0786. The molecule has 1 N–H and O–H groups in total. The Bertz CT molecular complexity index is 1110. The van der Waals surface area contributed by atoms with Gasteiger partial charge in [-0.1, -0.05) is 113 Å². The molecule has 0 fully saturated rings. The van der Waals surface area contributed by atoms with Crippen LogP contribution in [0.1, 0.15) is 5.56 Å². The van der Waals surface area contributed by atoms with Crippen LogP contribution in [0.5, 0.6) is 0 Å². The lowest BCUT2D eigenvalue weighted by atomic mass is 10.2. The van der Waals surface area contributed by atoms with Crippen molar-refractivity contribution >= 4 is 53.2 Å². The molecule has 0 atom stereocenters. The van der Waals surface area contributed by atoms with Crippen LogP contribution in [0.25, 0.3) is 0 Å². The van der Waals surface area contributed by atoms with Gasteiger partial charge in [-0.15, -0.1) is 0 Å². The average Bonchev–Trinajstić information content (AvgIpc) is 2.78. The maximum atomic E-state index is 10.2. The molecule has 3 aliphatic rings. The molecular formula is C25H19OSi2. The third-order valence-electron chi connectivity index (χ3n) is 6.39. The fourth-order valence-electron chi connectivity index (χ4n) is 5.41. The molecule has 0 aliphatic carbocycles.